The third-order valence-corrected chi connectivity index (χ3v) is 4.45. The molecule has 6 heteroatoms. The molecule has 2 amide bonds. The highest BCUT2D eigenvalue weighted by Gasteiger charge is 2.27. The largest absolute Gasteiger partial charge is 0.337 e. The first-order valence-corrected chi connectivity index (χ1v) is 9.83. The van der Waals surface area contributed by atoms with Gasteiger partial charge in [0.15, 0.2) is 0 Å². The second-order valence-corrected chi connectivity index (χ2v) is 6.28. The zero-order valence-corrected chi connectivity index (χ0v) is 18.1. The summed E-state index contributed by atoms with van der Waals surface area (Å²) in [6, 6.07) is 10.3. The molecule has 4 rings (SSSR count). The van der Waals surface area contributed by atoms with Crippen LogP contribution < -0.4 is 0 Å². The number of carbonyl (C=O) groups excluding carboxylic acids is 2. The molecule has 0 bridgehead atoms. The standard InChI is InChI=1S/C9H8ClNO.C9H8FNO.2C2H6/c2*1-11-5-6-3-2-4-7(10)8(6)9(11)12;2*1-2/h2*2-4H,5H2,1H3;2*1-2H3. The van der Waals surface area contributed by atoms with E-state index in [1.54, 1.807) is 37.2 Å². The van der Waals surface area contributed by atoms with Gasteiger partial charge in [0.25, 0.3) is 11.8 Å². The first-order valence-electron chi connectivity index (χ1n) is 9.46. The van der Waals surface area contributed by atoms with E-state index in [9.17, 15) is 14.0 Å². The van der Waals surface area contributed by atoms with E-state index in [2.05, 4.69) is 0 Å². The van der Waals surface area contributed by atoms with Crippen molar-refractivity contribution in [2.24, 2.45) is 0 Å². The number of nitrogens with zero attached hydrogens (tertiary/aromatic N) is 2. The molecule has 0 radical (unpaired) electrons. The number of hydrogen-bond acceptors (Lipinski definition) is 2. The van der Waals surface area contributed by atoms with Crippen LogP contribution in [-0.2, 0) is 13.1 Å². The molecule has 0 aliphatic carbocycles. The molecule has 0 N–H and O–H groups in total. The maximum atomic E-state index is 13.1. The van der Waals surface area contributed by atoms with Gasteiger partial charge in [-0.3, -0.25) is 9.59 Å². The lowest BCUT2D eigenvalue weighted by Gasteiger charge is -2.04. The predicted octanol–water partition coefficient (Wildman–Crippen LogP) is 5.39. The molecule has 2 aliphatic heterocycles. The van der Waals surface area contributed by atoms with E-state index in [1.165, 1.54) is 11.0 Å². The quantitative estimate of drug-likeness (QED) is 0.588. The highest BCUT2D eigenvalue weighted by atomic mass is 35.5. The van der Waals surface area contributed by atoms with Gasteiger partial charge in [-0.1, -0.05) is 63.6 Å². The van der Waals surface area contributed by atoms with E-state index in [-0.39, 0.29) is 17.4 Å². The lowest BCUT2D eigenvalue weighted by Crippen LogP contribution is -2.18. The molecule has 4 nitrogen and oxygen atoms in total. The Morgan fingerprint density at radius 2 is 1.21 bits per heavy atom. The number of carbonyl (C=O) groups is 2. The van der Waals surface area contributed by atoms with Crippen LogP contribution in [0.5, 0.6) is 0 Å². The Hall–Kier alpha value is -2.40. The molecule has 2 heterocycles. The second kappa shape index (κ2) is 10.8. The van der Waals surface area contributed by atoms with Crippen LogP contribution >= 0.6 is 11.6 Å². The molecule has 0 saturated carbocycles. The molecule has 152 valence electrons. The Bertz CT molecular complexity index is 770. The topological polar surface area (TPSA) is 40.6 Å². The van der Waals surface area contributed by atoms with Crippen LogP contribution in [0.3, 0.4) is 0 Å². The fourth-order valence-corrected chi connectivity index (χ4v) is 3.19. The van der Waals surface area contributed by atoms with Gasteiger partial charge in [-0.15, -0.1) is 0 Å². The molecule has 2 aromatic rings. The SMILES string of the molecule is CC.CC.CN1Cc2cccc(Cl)c2C1=O.CN1Cc2cccc(F)c2C1=O. The van der Waals surface area contributed by atoms with Gasteiger partial charge in [-0.2, -0.15) is 0 Å². The monoisotopic (exact) mass is 406 g/mol. The van der Waals surface area contributed by atoms with Gasteiger partial charge in [-0.05, 0) is 23.3 Å². The molecule has 0 spiro atoms. The van der Waals surface area contributed by atoms with Crippen LogP contribution in [0.2, 0.25) is 5.02 Å². The zero-order chi connectivity index (χ0) is 21.4. The van der Waals surface area contributed by atoms with E-state index in [0.717, 1.165) is 11.1 Å². The number of amides is 2. The average molecular weight is 407 g/mol. The van der Waals surface area contributed by atoms with Crippen molar-refractivity contribution < 1.29 is 14.0 Å². The summed E-state index contributed by atoms with van der Waals surface area (Å²) in [5.74, 6) is -0.611. The molecule has 0 aromatic heterocycles. The van der Waals surface area contributed by atoms with Crippen LogP contribution in [0.15, 0.2) is 36.4 Å². The van der Waals surface area contributed by atoms with Crippen LogP contribution in [-0.4, -0.2) is 35.7 Å². The number of benzene rings is 2. The van der Waals surface area contributed by atoms with Crippen molar-refractivity contribution in [1.29, 1.82) is 0 Å². The van der Waals surface area contributed by atoms with Crippen molar-refractivity contribution >= 4 is 23.4 Å². The Kier molecular flexibility index (Phi) is 9.13. The fraction of sp³-hybridized carbons (Fsp3) is 0.364. The first-order chi connectivity index (χ1) is 13.4. The van der Waals surface area contributed by atoms with Gasteiger partial charge in [0.05, 0.1) is 16.1 Å². The highest BCUT2D eigenvalue weighted by Crippen LogP contribution is 2.27. The maximum Gasteiger partial charge on any atom is 0.257 e. The minimum Gasteiger partial charge on any atom is -0.337 e. The molecule has 2 aliphatic rings. The minimum absolute atomic E-state index is 0.0237. The van der Waals surface area contributed by atoms with E-state index in [1.807, 2.05) is 39.8 Å². The Morgan fingerprint density at radius 3 is 1.68 bits per heavy atom. The summed E-state index contributed by atoms with van der Waals surface area (Å²) >= 11 is 5.88. The fourth-order valence-electron chi connectivity index (χ4n) is 2.92. The number of rotatable bonds is 0. The lowest BCUT2D eigenvalue weighted by molar-refractivity contribution is 0.0807. The minimum atomic E-state index is -0.415. The van der Waals surface area contributed by atoms with Gasteiger partial charge in [0.1, 0.15) is 5.82 Å². The summed E-state index contributed by atoms with van der Waals surface area (Å²) in [6.07, 6.45) is 0. The molecule has 28 heavy (non-hydrogen) atoms. The maximum absolute atomic E-state index is 13.1. The summed E-state index contributed by atoms with van der Waals surface area (Å²) < 4.78 is 13.1. The Labute approximate surface area is 171 Å². The average Bonchev–Trinajstić information content (AvgIpc) is 3.16. The third kappa shape index (κ3) is 4.90. The van der Waals surface area contributed by atoms with Crippen LogP contribution in [0.4, 0.5) is 4.39 Å². The number of fused-ring (bicyclic) bond motifs is 2. The van der Waals surface area contributed by atoms with E-state index in [4.69, 9.17) is 11.6 Å². The molecular formula is C22H28ClFN2O2. The van der Waals surface area contributed by atoms with Crippen molar-refractivity contribution in [1.82, 2.24) is 9.80 Å². The van der Waals surface area contributed by atoms with Crippen molar-refractivity contribution in [3.63, 3.8) is 0 Å². The summed E-state index contributed by atoms with van der Waals surface area (Å²) in [5, 5.41) is 0.557. The van der Waals surface area contributed by atoms with Gasteiger partial charge in [0.2, 0.25) is 0 Å². The molecule has 0 fully saturated rings. The van der Waals surface area contributed by atoms with Gasteiger partial charge >= 0.3 is 0 Å². The molecule has 0 unspecified atom stereocenters. The lowest BCUT2D eigenvalue weighted by atomic mass is 10.1. The van der Waals surface area contributed by atoms with Crippen molar-refractivity contribution in [3.8, 4) is 0 Å². The number of halogens is 2. The summed E-state index contributed by atoms with van der Waals surface area (Å²) in [4.78, 5) is 25.9. The zero-order valence-electron chi connectivity index (χ0n) is 17.3. The summed E-state index contributed by atoms with van der Waals surface area (Å²) in [6.45, 7) is 9.20. The smallest absolute Gasteiger partial charge is 0.257 e. The molecule has 0 atom stereocenters. The molecular weight excluding hydrogens is 379 g/mol. The summed E-state index contributed by atoms with van der Waals surface area (Å²) in [5.41, 5.74) is 2.71. The second-order valence-electron chi connectivity index (χ2n) is 5.87. The van der Waals surface area contributed by atoms with E-state index >= 15 is 0 Å². The van der Waals surface area contributed by atoms with Gasteiger partial charge in [-0.25, -0.2) is 4.39 Å². The Morgan fingerprint density at radius 1 is 0.786 bits per heavy atom. The van der Waals surface area contributed by atoms with Crippen molar-refractivity contribution in [3.05, 3.63) is 69.5 Å². The van der Waals surface area contributed by atoms with Crippen LogP contribution in [0, 0.1) is 5.82 Å². The first kappa shape index (κ1) is 23.6. The van der Waals surface area contributed by atoms with E-state index in [0.29, 0.717) is 23.7 Å². The van der Waals surface area contributed by atoms with Gasteiger partial charge < -0.3 is 9.80 Å². The predicted molar refractivity (Wildman–Crippen MR) is 112 cm³/mol. The third-order valence-electron chi connectivity index (χ3n) is 4.14. The molecule has 2 aromatic carbocycles. The molecule has 0 saturated heterocycles. The normalized spacial score (nSPS) is 13.4. The van der Waals surface area contributed by atoms with Crippen LogP contribution in [0.25, 0.3) is 0 Å². The number of hydrogen-bond donors (Lipinski definition) is 0. The van der Waals surface area contributed by atoms with Crippen LogP contribution in [0.1, 0.15) is 59.5 Å². The van der Waals surface area contributed by atoms with E-state index < -0.39 is 5.82 Å². The van der Waals surface area contributed by atoms with Crippen molar-refractivity contribution in [2.75, 3.05) is 14.1 Å². The Balaban J connectivity index is 0.000000238. The summed E-state index contributed by atoms with van der Waals surface area (Å²) in [7, 11) is 3.44. The highest BCUT2D eigenvalue weighted by molar-refractivity contribution is 6.34. The van der Waals surface area contributed by atoms with Gasteiger partial charge in [0, 0.05) is 27.2 Å². The van der Waals surface area contributed by atoms with Crippen molar-refractivity contribution in [2.45, 2.75) is 40.8 Å².